The summed E-state index contributed by atoms with van der Waals surface area (Å²) in [5.74, 6) is -1.43. The molecule has 0 unspecified atom stereocenters. The standard InChI is InChI=1S/C10H7NO3S2/c1-5-11-7(10(13)14)9(16-5)8(12)6-3-2-4-15-6/h2-4H,1H3,(H,13,14). The van der Waals surface area contributed by atoms with Crippen molar-refractivity contribution in [3.63, 3.8) is 0 Å². The summed E-state index contributed by atoms with van der Waals surface area (Å²) >= 11 is 2.41. The van der Waals surface area contributed by atoms with Gasteiger partial charge in [-0.2, -0.15) is 0 Å². The van der Waals surface area contributed by atoms with Crippen LogP contribution < -0.4 is 0 Å². The van der Waals surface area contributed by atoms with E-state index in [2.05, 4.69) is 4.98 Å². The summed E-state index contributed by atoms with van der Waals surface area (Å²) in [5.41, 5.74) is -0.152. The summed E-state index contributed by atoms with van der Waals surface area (Å²) in [6, 6.07) is 3.43. The maximum atomic E-state index is 12.0. The predicted octanol–water partition coefficient (Wildman–Crippen LogP) is 2.44. The highest BCUT2D eigenvalue weighted by atomic mass is 32.1. The lowest BCUT2D eigenvalue weighted by atomic mass is 10.2. The Morgan fingerprint density at radius 3 is 2.75 bits per heavy atom. The maximum Gasteiger partial charge on any atom is 0.356 e. The molecule has 0 bridgehead atoms. The van der Waals surface area contributed by atoms with Crippen LogP contribution >= 0.6 is 22.7 Å². The zero-order valence-corrected chi connectivity index (χ0v) is 9.89. The summed E-state index contributed by atoms with van der Waals surface area (Å²) in [5, 5.41) is 11.3. The van der Waals surface area contributed by atoms with Crippen molar-refractivity contribution in [2.45, 2.75) is 6.92 Å². The highest BCUT2D eigenvalue weighted by Crippen LogP contribution is 2.23. The molecule has 4 nitrogen and oxygen atoms in total. The second kappa shape index (κ2) is 4.15. The lowest BCUT2D eigenvalue weighted by molar-refractivity contribution is 0.0687. The first-order chi connectivity index (χ1) is 7.59. The van der Waals surface area contributed by atoms with Gasteiger partial charge in [-0.25, -0.2) is 9.78 Å². The molecule has 0 spiro atoms. The number of hydrogen-bond donors (Lipinski definition) is 1. The van der Waals surface area contributed by atoms with Crippen molar-refractivity contribution >= 4 is 34.4 Å². The molecule has 0 aromatic carbocycles. The molecule has 0 aliphatic rings. The van der Waals surface area contributed by atoms with Gasteiger partial charge in [0.05, 0.1) is 9.88 Å². The van der Waals surface area contributed by atoms with Gasteiger partial charge in [-0.05, 0) is 18.4 Å². The van der Waals surface area contributed by atoms with Gasteiger partial charge in [0.25, 0.3) is 0 Å². The molecule has 0 saturated heterocycles. The van der Waals surface area contributed by atoms with Gasteiger partial charge in [0.1, 0.15) is 4.88 Å². The number of carboxylic acids is 1. The smallest absolute Gasteiger partial charge is 0.356 e. The number of carbonyl (C=O) groups excluding carboxylic acids is 1. The minimum absolute atomic E-state index is 0.152. The van der Waals surface area contributed by atoms with E-state index in [1.807, 2.05) is 0 Å². The predicted molar refractivity (Wildman–Crippen MR) is 61.6 cm³/mol. The Kier molecular flexibility index (Phi) is 2.84. The molecule has 1 N–H and O–H groups in total. The average molecular weight is 253 g/mol. The summed E-state index contributed by atoms with van der Waals surface area (Å²) in [6.07, 6.45) is 0. The number of aromatic nitrogens is 1. The molecule has 0 amide bonds. The van der Waals surface area contributed by atoms with Crippen molar-refractivity contribution < 1.29 is 14.7 Å². The van der Waals surface area contributed by atoms with E-state index >= 15 is 0 Å². The van der Waals surface area contributed by atoms with E-state index in [0.717, 1.165) is 11.3 Å². The Morgan fingerprint density at radius 2 is 2.19 bits per heavy atom. The van der Waals surface area contributed by atoms with Crippen LogP contribution in [0.25, 0.3) is 0 Å². The van der Waals surface area contributed by atoms with Crippen LogP contribution in [-0.4, -0.2) is 21.8 Å². The van der Waals surface area contributed by atoms with Crippen LogP contribution in [0.3, 0.4) is 0 Å². The van der Waals surface area contributed by atoms with Gasteiger partial charge < -0.3 is 5.11 Å². The van der Waals surface area contributed by atoms with Crippen molar-refractivity contribution in [3.05, 3.63) is 38.0 Å². The average Bonchev–Trinajstić information content (AvgIpc) is 2.84. The maximum absolute atomic E-state index is 12.0. The number of carbonyl (C=O) groups is 2. The fourth-order valence-electron chi connectivity index (χ4n) is 1.25. The molecule has 82 valence electrons. The lowest BCUT2D eigenvalue weighted by Gasteiger charge is -1.94. The molecule has 2 aromatic heterocycles. The van der Waals surface area contributed by atoms with Crippen LogP contribution in [0, 0.1) is 6.92 Å². The summed E-state index contributed by atoms with van der Waals surface area (Å²) in [4.78, 5) is 27.4. The third kappa shape index (κ3) is 1.89. The molecule has 0 aliphatic carbocycles. The van der Waals surface area contributed by atoms with E-state index < -0.39 is 5.97 Å². The second-order valence-electron chi connectivity index (χ2n) is 3.02. The third-order valence-electron chi connectivity index (χ3n) is 1.89. The summed E-state index contributed by atoms with van der Waals surface area (Å²) in [6.45, 7) is 1.68. The minimum Gasteiger partial charge on any atom is -0.476 e. The van der Waals surface area contributed by atoms with E-state index in [9.17, 15) is 9.59 Å². The van der Waals surface area contributed by atoms with Crippen LogP contribution in [0.5, 0.6) is 0 Å². The molecule has 2 aromatic rings. The number of aryl methyl sites for hydroxylation is 1. The first-order valence-corrected chi connectivity index (χ1v) is 6.08. The van der Waals surface area contributed by atoms with E-state index in [-0.39, 0.29) is 16.4 Å². The molecule has 2 heterocycles. The number of carboxylic acid groups (broad SMARTS) is 1. The van der Waals surface area contributed by atoms with E-state index in [0.29, 0.717) is 9.88 Å². The molecule has 0 radical (unpaired) electrons. The normalized spacial score (nSPS) is 10.3. The highest BCUT2D eigenvalue weighted by Gasteiger charge is 2.23. The van der Waals surface area contributed by atoms with Gasteiger partial charge in [0, 0.05) is 0 Å². The number of aromatic carboxylic acids is 1. The topological polar surface area (TPSA) is 67.3 Å². The highest BCUT2D eigenvalue weighted by molar-refractivity contribution is 7.16. The van der Waals surface area contributed by atoms with Crippen molar-refractivity contribution in [1.82, 2.24) is 4.98 Å². The Morgan fingerprint density at radius 1 is 1.44 bits per heavy atom. The molecular weight excluding hydrogens is 246 g/mol. The number of rotatable bonds is 3. The first kappa shape index (κ1) is 11.0. The summed E-state index contributed by atoms with van der Waals surface area (Å²) in [7, 11) is 0. The first-order valence-electron chi connectivity index (χ1n) is 4.38. The number of nitrogens with zero attached hydrogens (tertiary/aromatic N) is 1. The van der Waals surface area contributed by atoms with Crippen molar-refractivity contribution in [2.75, 3.05) is 0 Å². The molecule has 16 heavy (non-hydrogen) atoms. The van der Waals surface area contributed by atoms with Gasteiger partial charge in [0.2, 0.25) is 5.78 Å². The Hall–Kier alpha value is -1.53. The van der Waals surface area contributed by atoms with Crippen LogP contribution in [-0.2, 0) is 0 Å². The van der Waals surface area contributed by atoms with Gasteiger partial charge in [-0.3, -0.25) is 4.79 Å². The van der Waals surface area contributed by atoms with Crippen LogP contribution in [0.15, 0.2) is 17.5 Å². The molecule has 0 atom stereocenters. The van der Waals surface area contributed by atoms with Gasteiger partial charge in [-0.15, -0.1) is 22.7 Å². The minimum atomic E-state index is -1.16. The van der Waals surface area contributed by atoms with Crippen molar-refractivity contribution in [1.29, 1.82) is 0 Å². The second-order valence-corrected chi connectivity index (χ2v) is 5.17. The largest absolute Gasteiger partial charge is 0.476 e. The lowest BCUT2D eigenvalue weighted by Crippen LogP contribution is -2.06. The van der Waals surface area contributed by atoms with Crippen LogP contribution in [0.1, 0.15) is 30.0 Å². The van der Waals surface area contributed by atoms with Crippen molar-refractivity contribution in [3.8, 4) is 0 Å². The molecular formula is C10H7NO3S2. The Bertz CT molecular complexity index is 542. The van der Waals surface area contributed by atoms with Gasteiger partial charge >= 0.3 is 5.97 Å². The number of ketones is 1. The molecule has 0 saturated carbocycles. The molecule has 0 fully saturated rings. The monoisotopic (exact) mass is 253 g/mol. The Labute approximate surface area is 99.2 Å². The van der Waals surface area contributed by atoms with Crippen LogP contribution in [0.2, 0.25) is 0 Å². The van der Waals surface area contributed by atoms with Gasteiger partial charge in [-0.1, -0.05) is 6.07 Å². The quantitative estimate of drug-likeness (QED) is 0.853. The van der Waals surface area contributed by atoms with Crippen LogP contribution in [0.4, 0.5) is 0 Å². The fourth-order valence-corrected chi connectivity index (χ4v) is 2.84. The molecule has 6 heteroatoms. The van der Waals surface area contributed by atoms with E-state index in [4.69, 9.17) is 5.11 Å². The third-order valence-corrected chi connectivity index (χ3v) is 3.73. The Balaban J connectivity index is 2.48. The van der Waals surface area contributed by atoms with Crippen molar-refractivity contribution in [2.24, 2.45) is 0 Å². The molecule has 0 aliphatic heterocycles. The fraction of sp³-hybridized carbons (Fsp3) is 0.100. The number of hydrogen-bond acceptors (Lipinski definition) is 5. The van der Waals surface area contributed by atoms with Gasteiger partial charge in [0.15, 0.2) is 5.69 Å². The van der Waals surface area contributed by atoms with E-state index in [1.54, 1.807) is 24.4 Å². The zero-order valence-electron chi connectivity index (χ0n) is 8.26. The van der Waals surface area contributed by atoms with E-state index in [1.165, 1.54) is 11.3 Å². The number of thiazole rings is 1. The zero-order chi connectivity index (χ0) is 11.7. The number of thiophene rings is 1. The summed E-state index contributed by atoms with van der Waals surface area (Å²) < 4.78 is 0. The molecule has 2 rings (SSSR count). The SMILES string of the molecule is Cc1nc(C(=O)O)c(C(=O)c2cccs2)s1.